The predicted octanol–water partition coefficient (Wildman–Crippen LogP) is 2.07. The molecular weight excluding hydrogens is 232 g/mol. The second-order valence-corrected chi connectivity index (χ2v) is 7.61. The molecule has 2 fully saturated rings. The van der Waals surface area contributed by atoms with Gasteiger partial charge in [0.05, 0.1) is 12.2 Å². The van der Waals surface area contributed by atoms with Crippen molar-refractivity contribution in [1.29, 1.82) is 0 Å². The van der Waals surface area contributed by atoms with Gasteiger partial charge in [0.25, 0.3) is 0 Å². The fraction of sp³-hybridized carbons (Fsp3) is 0.923. The summed E-state index contributed by atoms with van der Waals surface area (Å²) in [6, 6.07) is 0.0139. The standard InChI is InChI=1S/C13H24N2OS/c1-9(2)11-12(16)15(10(3)14-11)8-13(4)6-5-7-17-13/h9-11,14H,5-8H2,1-4H3. The number of hydrogen-bond acceptors (Lipinski definition) is 3. The highest BCUT2D eigenvalue weighted by Crippen LogP contribution is 2.39. The Morgan fingerprint density at radius 2 is 2.29 bits per heavy atom. The van der Waals surface area contributed by atoms with Crippen molar-refractivity contribution < 1.29 is 4.79 Å². The molecule has 0 aromatic rings. The minimum absolute atomic E-state index is 0.0139. The van der Waals surface area contributed by atoms with E-state index in [1.54, 1.807) is 0 Å². The van der Waals surface area contributed by atoms with Gasteiger partial charge in [0.1, 0.15) is 0 Å². The molecule has 0 aromatic carbocycles. The normalized spacial score (nSPS) is 38.4. The number of nitrogens with zero attached hydrogens (tertiary/aromatic N) is 1. The van der Waals surface area contributed by atoms with Gasteiger partial charge in [-0.2, -0.15) is 11.8 Å². The lowest BCUT2D eigenvalue weighted by molar-refractivity contribution is -0.130. The third kappa shape index (κ3) is 2.63. The molecule has 1 amide bonds. The van der Waals surface area contributed by atoms with E-state index in [1.807, 2.05) is 16.7 Å². The van der Waals surface area contributed by atoms with Crippen molar-refractivity contribution in [3.63, 3.8) is 0 Å². The molecule has 0 bridgehead atoms. The van der Waals surface area contributed by atoms with Crippen LogP contribution in [0.4, 0.5) is 0 Å². The van der Waals surface area contributed by atoms with Gasteiger partial charge in [-0.1, -0.05) is 13.8 Å². The average Bonchev–Trinajstić information content (AvgIpc) is 2.78. The van der Waals surface area contributed by atoms with Crippen molar-refractivity contribution in [2.45, 2.75) is 57.5 Å². The predicted molar refractivity (Wildman–Crippen MR) is 73.0 cm³/mol. The van der Waals surface area contributed by atoms with Crippen LogP contribution in [0.3, 0.4) is 0 Å². The van der Waals surface area contributed by atoms with Gasteiger partial charge in [0.15, 0.2) is 0 Å². The van der Waals surface area contributed by atoms with Crippen molar-refractivity contribution in [1.82, 2.24) is 10.2 Å². The number of amides is 1. The van der Waals surface area contributed by atoms with E-state index in [-0.39, 0.29) is 17.0 Å². The molecule has 3 nitrogen and oxygen atoms in total. The zero-order valence-corrected chi connectivity index (χ0v) is 12.1. The Hall–Kier alpha value is -0.220. The summed E-state index contributed by atoms with van der Waals surface area (Å²) >= 11 is 2.02. The Morgan fingerprint density at radius 3 is 2.76 bits per heavy atom. The fourth-order valence-corrected chi connectivity index (χ4v) is 4.11. The summed E-state index contributed by atoms with van der Waals surface area (Å²) in [7, 11) is 0. The molecule has 0 aliphatic carbocycles. The van der Waals surface area contributed by atoms with Crippen LogP contribution in [-0.2, 0) is 4.79 Å². The highest BCUT2D eigenvalue weighted by atomic mass is 32.2. The van der Waals surface area contributed by atoms with E-state index in [4.69, 9.17) is 0 Å². The number of thioether (sulfide) groups is 1. The second kappa shape index (κ2) is 4.81. The summed E-state index contributed by atoms with van der Waals surface area (Å²) in [5.74, 6) is 1.91. The molecule has 1 N–H and O–H groups in total. The van der Waals surface area contributed by atoms with Crippen molar-refractivity contribution in [3.8, 4) is 0 Å². The van der Waals surface area contributed by atoms with Crippen molar-refractivity contribution >= 4 is 17.7 Å². The maximum Gasteiger partial charge on any atom is 0.241 e. The molecular formula is C13H24N2OS. The molecule has 0 aromatic heterocycles. The summed E-state index contributed by atoms with van der Waals surface area (Å²) in [6.07, 6.45) is 2.71. The summed E-state index contributed by atoms with van der Waals surface area (Å²) in [4.78, 5) is 14.4. The molecule has 3 unspecified atom stereocenters. The summed E-state index contributed by atoms with van der Waals surface area (Å²) in [6.45, 7) is 9.51. The van der Waals surface area contributed by atoms with Gasteiger partial charge in [-0.3, -0.25) is 10.1 Å². The molecule has 3 atom stereocenters. The van der Waals surface area contributed by atoms with Crippen LogP contribution in [-0.4, -0.2) is 40.1 Å². The first-order chi connectivity index (χ1) is 7.93. The van der Waals surface area contributed by atoms with Crippen LogP contribution in [0.1, 0.15) is 40.5 Å². The molecule has 98 valence electrons. The van der Waals surface area contributed by atoms with Gasteiger partial charge < -0.3 is 4.90 Å². The first-order valence-corrected chi connectivity index (χ1v) is 7.62. The monoisotopic (exact) mass is 256 g/mol. The maximum atomic E-state index is 12.3. The SMILES string of the molecule is CC(C)C1NC(C)N(CC2(C)CCCS2)C1=O. The van der Waals surface area contributed by atoms with E-state index in [9.17, 15) is 4.79 Å². The molecule has 2 heterocycles. The van der Waals surface area contributed by atoms with Crippen LogP contribution in [0.15, 0.2) is 0 Å². The molecule has 2 rings (SSSR count). The lowest BCUT2D eigenvalue weighted by Gasteiger charge is -2.31. The number of hydrogen-bond donors (Lipinski definition) is 1. The fourth-order valence-electron chi connectivity index (χ4n) is 2.80. The van der Waals surface area contributed by atoms with Crippen LogP contribution >= 0.6 is 11.8 Å². The van der Waals surface area contributed by atoms with Gasteiger partial charge in [0, 0.05) is 11.3 Å². The summed E-state index contributed by atoms with van der Waals surface area (Å²) in [5, 5.41) is 3.41. The molecule has 0 saturated carbocycles. The van der Waals surface area contributed by atoms with E-state index >= 15 is 0 Å². The average molecular weight is 256 g/mol. The highest BCUT2D eigenvalue weighted by molar-refractivity contribution is 8.00. The Bertz CT molecular complexity index is 300. The van der Waals surface area contributed by atoms with Crippen molar-refractivity contribution in [2.75, 3.05) is 12.3 Å². The third-order valence-electron chi connectivity index (χ3n) is 3.91. The Balaban J connectivity index is 2.03. The first kappa shape index (κ1) is 13.2. The van der Waals surface area contributed by atoms with Crippen LogP contribution in [0.2, 0.25) is 0 Å². The third-order valence-corrected chi connectivity index (χ3v) is 5.43. The minimum atomic E-state index is 0.0139. The van der Waals surface area contributed by atoms with E-state index in [0.29, 0.717) is 11.8 Å². The van der Waals surface area contributed by atoms with E-state index in [2.05, 4.69) is 33.0 Å². The Kier molecular flexibility index (Phi) is 3.74. The van der Waals surface area contributed by atoms with Gasteiger partial charge in [0.2, 0.25) is 5.91 Å². The van der Waals surface area contributed by atoms with Crippen LogP contribution < -0.4 is 5.32 Å². The van der Waals surface area contributed by atoms with Gasteiger partial charge in [-0.25, -0.2) is 0 Å². The number of rotatable bonds is 3. The van der Waals surface area contributed by atoms with E-state index < -0.39 is 0 Å². The van der Waals surface area contributed by atoms with Crippen molar-refractivity contribution in [3.05, 3.63) is 0 Å². The zero-order chi connectivity index (χ0) is 12.6. The lowest BCUT2D eigenvalue weighted by Crippen LogP contribution is -2.43. The summed E-state index contributed by atoms with van der Waals surface area (Å²) in [5.41, 5.74) is 0. The van der Waals surface area contributed by atoms with Gasteiger partial charge in [-0.15, -0.1) is 0 Å². The van der Waals surface area contributed by atoms with Crippen molar-refractivity contribution in [2.24, 2.45) is 5.92 Å². The zero-order valence-electron chi connectivity index (χ0n) is 11.3. The maximum absolute atomic E-state index is 12.3. The molecule has 2 aliphatic heterocycles. The lowest BCUT2D eigenvalue weighted by atomic mass is 10.0. The largest absolute Gasteiger partial charge is 0.325 e. The van der Waals surface area contributed by atoms with Gasteiger partial charge in [-0.05, 0) is 38.4 Å². The molecule has 0 radical (unpaired) electrons. The highest BCUT2D eigenvalue weighted by Gasteiger charge is 2.42. The topological polar surface area (TPSA) is 32.3 Å². The van der Waals surface area contributed by atoms with Gasteiger partial charge >= 0.3 is 0 Å². The number of carbonyl (C=O) groups excluding carboxylic acids is 1. The summed E-state index contributed by atoms with van der Waals surface area (Å²) < 4.78 is 0.275. The number of carbonyl (C=O) groups is 1. The van der Waals surface area contributed by atoms with E-state index in [0.717, 1.165) is 6.54 Å². The van der Waals surface area contributed by atoms with Crippen LogP contribution in [0, 0.1) is 5.92 Å². The van der Waals surface area contributed by atoms with E-state index in [1.165, 1.54) is 18.6 Å². The Morgan fingerprint density at radius 1 is 1.59 bits per heavy atom. The van der Waals surface area contributed by atoms with Crippen LogP contribution in [0.5, 0.6) is 0 Å². The molecule has 17 heavy (non-hydrogen) atoms. The first-order valence-electron chi connectivity index (χ1n) is 6.63. The molecule has 2 aliphatic rings. The molecule has 0 spiro atoms. The smallest absolute Gasteiger partial charge is 0.241 e. The minimum Gasteiger partial charge on any atom is -0.325 e. The van der Waals surface area contributed by atoms with Crippen LogP contribution in [0.25, 0.3) is 0 Å². The Labute approximate surface area is 109 Å². The number of nitrogens with one attached hydrogen (secondary N) is 1. The molecule has 2 saturated heterocycles. The molecule has 4 heteroatoms. The second-order valence-electron chi connectivity index (χ2n) is 5.93. The quantitative estimate of drug-likeness (QED) is 0.839.